The molecule has 0 spiro atoms. The van der Waals surface area contributed by atoms with E-state index >= 15 is 0 Å². The largest absolute Gasteiger partial charge is 0.395 e. The summed E-state index contributed by atoms with van der Waals surface area (Å²) in [7, 11) is 0. The lowest BCUT2D eigenvalue weighted by atomic mass is 10.2. The molecule has 0 aliphatic carbocycles. The van der Waals surface area contributed by atoms with E-state index in [4.69, 9.17) is 5.11 Å². The summed E-state index contributed by atoms with van der Waals surface area (Å²) in [5.41, 5.74) is 3.15. The van der Waals surface area contributed by atoms with Crippen LogP contribution in [0.5, 0.6) is 0 Å². The van der Waals surface area contributed by atoms with Crippen LogP contribution >= 0.6 is 0 Å². The molecule has 60 valence electrons. The van der Waals surface area contributed by atoms with E-state index in [0.717, 1.165) is 13.1 Å². The Hall–Kier alpha value is -0.120. The van der Waals surface area contributed by atoms with Gasteiger partial charge in [-0.15, -0.1) is 0 Å². The standard InChI is InChI=1S/C7H16N2O/c10-7-4-8-9-5-2-1-3-6-9/h8,10H,1-7H2. The van der Waals surface area contributed by atoms with Crippen LogP contribution in [0.2, 0.25) is 0 Å². The molecule has 3 nitrogen and oxygen atoms in total. The first kappa shape index (κ1) is 7.98. The summed E-state index contributed by atoms with van der Waals surface area (Å²) in [6, 6.07) is 0. The van der Waals surface area contributed by atoms with E-state index in [-0.39, 0.29) is 6.61 Å². The Labute approximate surface area is 62.0 Å². The van der Waals surface area contributed by atoms with Crippen molar-refractivity contribution in [2.24, 2.45) is 0 Å². The minimum absolute atomic E-state index is 0.233. The molecule has 0 amide bonds. The predicted molar refractivity (Wildman–Crippen MR) is 40.5 cm³/mol. The molecule has 1 fully saturated rings. The molecule has 0 atom stereocenters. The van der Waals surface area contributed by atoms with E-state index < -0.39 is 0 Å². The summed E-state index contributed by atoms with van der Waals surface area (Å²) in [6.45, 7) is 3.20. The highest BCUT2D eigenvalue weighted by atomic mass is 16.3. The maximum atomic E-state index is 8.51. The molecule has 1 aliphatic heterocycles. The molecule has 0 aromatic heterocycles. The number of hydrogen-bond donors (Lipinski definition) is 2. The normalized spacial score (nSPS) is 21.3. The summed E-state index contributed by atoms with van der Waals surface area (Å²) in [5, 5.41) is 10.7. The van der Waals surface area contributed by atoms with Gasteiger partial charge in [-0.25, -0.2) is 5.01 Å². The number of aliphatic hydroxyl groups excluding tert-OH is 1. The fraction of sp³-hybridized carbons (Fsp3) is 1.00. The Morgan fingerprint density at radius 3 is 2.50 bits per heavy atom. The highest BCUT2D eigenvalue weighted by molar-refractivity contribution is 4.59. The smallest absolute Gasteiger partial charge is 0.0570 e. The van der Waals surface area contributed by atoms with Gasteiger partial charge in [0.2, 0.25) is 0 Å². The number of nitrogens with one attached hydrogen (secondary N) is 1. The number of piperidine rings is 1. The van der Waals surface area contributed by atoms with Crippen LogP contribution in [0.3, 0.4) is 0 Å². The average Bonchev–Trinajstić information content (AvgIpc) is 2.03. The Balaban J connectivity index is 2.02. The Bertz CT molecular complexity index is 81.7. The lowest BCUT2D eigenvalue weighted by molar-refractivity contribution is 0.138. The van der Waals surface area contributed by atoms with Gasteiger partial charge in [-0.05, 0) is 12.8 Å². The molecule has 0 saturated carbocycles. The predicted octanol–water partition coefficient (Wildman–Crippen LogP) is -0.0308. The quantitative estimate of drug-likeness (QED) is 0.584. The van der Waals surface area contributed by atoms with Gasteiger partial charge in [0.15, 0.2) is 0 Å². The first-order valence-electron chi connectivity index (χ1n) is 4.03. The van der Waals surface area contributed by atoms with Crippen LogP contribution in [0.4, 0.5) is 0 Å². The molecule has 2 N–H and O–H groups in total. The molecule has 3 heteroatoms. The van der Waals surface area contributed by atoms with Gasteiger partial charge in [-0.1, -0.05) is 6.42 Å². The van der Waals surface area contributed by atoms with E-state index in [1.807, 2.05) is 0 Å². The van der Waals surface area contributed by atoms with Crippen LogP contribution in [0.1, 0.15) is 19.3 Å². The zero-order valence-corrected chi connectivity index (χ0v) is 6.34. The lowest BCUT2D eigenvalue weighted by Gasteiger charge is -2.26. The van der Waals surface area contributed by atoms with Gasteiger partial charge >= 0.3 is 0 Å². The van der Waals surface area contributed by atoms with E-state index in [1.165, 1.54) is 19.3 Å². The number of aliphatic hydroxyl groups is 1. The minimum atomic E-state index is 0.233. The summed E-state index contributed by atoms with van der Waals surface area (Å²) >= 11 is 0. The number of nitrogens with zero attached hydrogens (tertiary/aromatic N) is 1. The van der Waals surface area contributed by atoms with Crippen molar-refractivity contribution in [3.63, 3.8) is 0 Å². The molecule has 1 aliphatic rings. The van der Waals surface area contributed by atoms with E-state index in [0.29, 0.717) is 6.54 Å². The molecule has 0 unspecified atom stereocenters. The third-order valence-electron chi connectivity index (χ3n) is 1.80. The molecular formula is C7H16N2O. The summed E-state index contributed by atoms with van der Waals surface area (Å²) in [4.78, 5) is 0. The van der Waals surface area contributed by atoms with Crippen LogP contribution < -0.4 is 5.43 Å². The number of hydrogen-bond acceptors (Lipinski definition) is 3. The Morgan fingerprint density at radius 1 is 1.20 bits per heavy atom. The molecule has 1 heterocycles. The lowest BCUT2D eigenvalue weighted by Crippen LogP contribution is -2.42. The third kappa shape index (κ3) is 2.64. The molecule has 0 bridgehead atoms. The molecule has 10 heavy (non-hydrogen) atoms. The maximum absolute atomic E-state index is 8.51. The molecule has 0 aromatic rings. The maximum Gasteiger partial charge on any atom is 0.0570 e. The zero-order chi connectivity index (χ0) is 7.23. The average molecular weight is 144 g/mol. The van der Waals surface area contributed by atoms with Crippen molar-refractivity contribution in [1.82, 2.24) is 10.4 Å². The highest BCUT2D eigenvalue weighted by Gasteiger charge is 2.07. The zero-order valence-electron chi connectivity index (χ0n) is 6.34. The second kappa shape index (κ2) is 4.66. The van der Waals surface area contributed by atoms with Crippen LogP contribution in [0.25, 0.3) is 0 Å². The molecule has 1 rings (SSSR count). The van der Waals surface area contributed by atoms with E-state index in [2.05, 4.69) is 10.4 Å². The second-order valence-corrected chi connectivity index (χ2v) is 2.68. The van der Waals surface area contributed by atoms with Crippen molar-refractivity contribution in [3.05, 3.63) is 0 Å². The fourth-order valence-electron chi connectivity index (χ4n) is 1.26. The van der Waals surface area contributed by atoms with Crippen molar-refractivity contribution in [3.8, 4) is 0 Å². The van der Waals surface area contributed by atoms with Crippen molar-refractivity contribution >= 4 is 0 Å². The number of rotatable bonds is 3. The molecule has 1 saturated heterocycles. The highest BCUT2D eigenvalue weighted by Crippen LogP contribution is 2.04. The van der Waals surface area contributed by atoms with Gasteiger partial charge in [-0.2, -0.15) is 0 Å². The number of hydrazine groups is 1. The SMILES string of the molecule is OCCNN1CCCCC1. The fourth-order valence-corrected chi connectivity index (χ4v) is 1.26. The topological polar surface area (TPSA) is 35.5 Å². The van der Waals surface area contributed by atoms with Crippen molar-refractivity contribution in [1.29, 1.82) is 0 Å². The van der Waals surface area contributed by atoms with Crippen LogP contribution in [-0.2, 0) is 0 Å². The van der Waals surface area contributed by atoms with Gasteiger partial charge in [-0.3, -0.25) is 5.43 Å². The molecular weight excluding hydrogens is 128 g/mol. The second-order valence-electron chi connectivity index (χ2n) is 2.68. The third-order valence-corrected chi connectivity index (χ3v) is 1.80. The van der Waals surface area contributed by atoms with E-state index in [1.54, 1.807) is 0 Å². The molecule has 0 aromatic carbocycles. The first-order chi connectivity index (χ1) is 4.93. The van der Waals surface area contributed by atoms with Crippen LogP contribution in [0, 0.1) is 0 Å². The Morgan fingerprint density at radius 2 is 1.90 bits per heavy atom. The van der Waals surface area contributed by atoms with Crippen LogP contribution in [0.15, 0.2) is 0 Å². The van der Waals surface area contributed by atoms with Gasteiger partial charge in [0.25, 0.3) is 0 Å². The van der Waals surface area contributed by atoms with Crippen molar-refractivity contribution in [2.45, 2.75) is 19.3 Å². The monoisotopic (exact) mass is 144 g/mol. The van der Waals surface area contributed by atoms with Crippen LogP contribution in [-0.4, -0.2) is 36.4 Å². The first-order valence-corrected chi connectivity index (χ1v) is 4.03. The van der Waals surface area contributed by atoms with E-state index in [9.17, 15) is 0 Å². The van der Waals surface area contributed by atoms with Gasteiger partial charge in [0, 0.05) is 19.6 Å². The minimum Gasteiger partial charge on any atom is -0.395 e. The summed E-state index contributed by atoms with van der Waals surface area (Å²) in [6.07, 6.45) is 3.94. The van der Waals surface area contributed by atoms with Gasteiger partial charge in [0.05, 0.1) is 6.61 Å². The van der Waals surface area contributed by atoms with Crippen molar-refractivity contribution < 1.29 is 5.11 Å². The summed E-state index contributed by atoms with van der Waals surface area (Å²) < 4.78 is 0. The molecule has 0 radical (unpaired) electrons. The Kier molecular flexibility index (Phi) is 3.72. The van der Waals surface area contributed by atoms with Crippen molar-refractivity contribution in [2.75, 3.05) is 26.2 Å². The van der Waals surface area contributed by atoms with Gasteiger partial charge in [0.1, 0.15) is 0 Å². The van der Waals surface area contributed by atoms with Gasteiger partial charge < -0.3 is 5.11 Å². The summed E-state index contributed by atoms with van der Waals surface area (Å²) in [5.74, 6) is 0.